The number of benzene rings is 2. The lowest BCUT2D eigenvalue weighted by molar-refractivity contribution is 0.0992. The van der Waals surface area contributed by atoms with Crippen molar-refractivity contribution in [2.45, 2.75) is 6.42 Å². The van der Waals surface area contributed by atoms with Crippen LogP contribution in [0, 0.1) is 5.41 Å². The summed E-state index contributed by atoms with van der Waals surface area (Å²) >= 11 is 18.3. The number of amides is 1. The Kier molecular flexibility index (Phi) is 6.46. The molecule has 1 fully saturated rings. The van der Waals surface area contributed by atoms with Crippen LogP contribution in [0.4, 0.5) is 5.82 Å². The predicted octanol–water partition coefficient (Wildman–Crippen LogP) is 5.36. The lowest BCUT2D eigenvalue weighted by Crippen LogP contribution is -2.17. The highest BCUT2D eigenvalue weighted by Gasteiger charge is 2.23. The molecule has 9 heteroatoms. The number of halogens is 3. The van der Waals surface area contributed by atoms with Gasteiger partial charge in [0, 0.05) is 47.4 Å². The molecule has 1 saturated heterocycles. The van der Waals surface area contributed by atoms with Gasteiger partial charge in [-0.3, -0.25) is 15.0 Å². The zero-order valence-electron chi connectivity index (χ0n) is 16.7. The molecule has 0 spiro atoms. The molecular formula is C23H17Cl3N4O2. The van der Waals surface area contributed by atoms with Crippen LogP contribution in [-0.2, 0) is 6.42 Å². The Morgan fingerprint density at radius 1 is 0.969 bits per heavy atom. The highest BCUT2D eigenvalue weighted by molar-refractivity contribution is 6.34. The van der Waals surface area contributed by atoms with Crippen LogP contribution < -0.4 is 5.32 Å². The Morgan fingerprint density at radius 2 is 1.72 bits per heavy atom. The number of carbonyl (C=O) groups is 2. The Hall–Kier alpha value is -2.93. The van der Waals surface area contributed by atoms with E-state index in [-0.39, 0.29) is 22.8 Å². The molecule has 1 aromatic heterocycles. The van der Waals surface area contributed by atoms with Gasteiger partial charge >= 0.3 is 0 Å². The second-order valence-corrected chi connectivity index (χ2v) is 8.53. The molecule has 1 aliphatic heterocycles. The Morgan fingerprint density at radius 3 is 2.38 bits per heavy atom. The molecule has 1 aliphatic rings. The van der Waals surface area contributed by atoms with Crippen molar-refractivity contribution in [1.29, 1.82) is 5.41 Å². The summed E-state index contributed by atoms with van der Waals surface area (Å²) in [6.07, 6.45) is 1.38. The van der Waals surface area contributed by atoms with Gasteiger partial charge in [-0.05, 0) is 42.0 Å². The number of pyridine rings is 1. The van der Waals surface area contributed by atoms with Crippen LogP contribution in [0.5, 0.6) is 0 Å². The van der Waals surface area contributed by atoms with E-state index >= 15 is 0 Å². The summed E-state index contributed by atoms with van der Waals surface area (Å²) in [5, 5.41) is 11.9. The maximum Gasteiger partial charge on any atom is 0.257 e. The van der Waals surface area contributed by atoms with E-state index in [4.69, 9.17) is 40.2 Å². The van der Waals surface area contributed by atoms with Crippen LogP contribution >= 0.6 is 34.8 Å². The number of Topliss-reactive ketones (excluding diaryl/α,β-unsaturated/α-hetero) is 1. The average molecular weight is 488 g/mol. The summed E-state index contributed by atoms with van der Waals surface area (Å²) in [7, 11) is 0. The van der Waals surface area contributed by atoms with Gasteiger partial charge in [-0.25, -0.2) is 4.98 Å². The fourth-order valence-electron chi connectivity index (χ4n) is 3.16. The molecule has 0 bridgehead atoms. The number of hydrogen-bond donors (Lipinski definition) is 2. The minimum Gasteiger partial charge on any atom is -0.353 e. The van der Waals surface area contributed by atoms with Crippen molar-refractivity contribution in [1.82, 2.24) is 9.88 Å². The first-order valence-electron chi connectivity index (χ1n) is 9.70. The van der Waals surface area contributed by atoms with Crippen LogP contribution in [0.25, 0.3) is 0 Å². The van der Waals surface area contributed by atoms with E-state index in [0.29, 0.717) is 38.4 Å². The largest absolute Gasteiger partial charge is 0.353 e. The van der Waals surface area contributed by atoms with Crippen molar-refractivity contribution < 1.29 is 9.59 Å². The molecule has 2 N–H and O–H groups in total. The molecule has 32 heavy (non-hydrogen) atoms. The zero-order chi connectivity index (χ0) is 22.8. The van der Waals surface area contributed by atoms with Gasteiger partial charge in [0.1, 0.15) is 11.7 Å². The van der Waals surface area contributed by atoms with Gasteiger partial charge in [0.15, 0.2) is 5.78 Å². The molecule has 4 rings (SSSR count). The molecule has 3 aromatic rings. The predicted molar refractivity (Wildman–Crippen MR) is 127 cm³/mol. The van der Waals surface area contributed by atoms with E-state index in [1.807, 2.05) is 4.90 Å². The molecule has 1 amide bonds. The standard InChI is InChI=1S/C23H17Cl3N4O2/c24-15-3-1-13(18(11-15)23(32)29-21-6-4-16(25)12-28-21)10-20(31)17-5-2-14(9-19(17)26)22(27)30-7-8-30/h1-6,9,11-12,27H,7-8,10H2,(H,28,29,32). The van der Waals surface area contributed by atoms with E-state index in [1.165, 1.54) is 12.3 Å². The molecule has 0 radical (unpaired) electrons. The first kappa shape index (κ1) is 22.3. The average Bonchev–Trinajstić information content (AvgIpc) is 3.61. The number of rotatable bonds is 6. The van der Waals surface area contributed by atoms with Gasteiger partial charge in [0.2, 0.25) is 0 Å². The molecule has 6 nitrogen and oxygen atoms in total. The smallest absolute Gasteiger partial charge is 0.257 e. The van der Waals surface area contributed by atoms with E-state index in [0.717, 1.165) is 13.1 Å². The van der Waals surface area contributed by atoms with Gasteiger partial charge in [-0.2, -0.15) is 0 Å². The second-order valence-electron chi connectivity index (χ2n) is 7.25. The highest BCUT2D eigenvalue weighted by Crippen LogP contribution is 2.24. The number of ketones is 1. The summed E-state index contributed by atoms with van der Waals surface area (Å²) in [6.45, 7) is 1.70. The highest BCUT2D eigenvalue weighted by atomic mass is 35.5. The van der Waals surface area contributed by atoms with Gasteiger partial charge in [-0.15, -0.1) is 0 Å². The van der Waals surface area contributed by atoms with Crippen molar-refractivity contribution in [3.8, 4) is 0 Å². The number of nitrogens with one attached hydrogen (secondary N) is 2. The van der Waals surface area contributed by atoms with Gasteiger partial charge in [0.05, 0.1) is 10.0 Å². The first-order chi connectivity index (χ1) is 15.3. The molecule has 0 aliphatic carbocycles. The molecule has 2 aromatic carbocycles. The van der Waals surface area contributed by atoms with Crippen LogP contribution in [0.2, 0.25) is 15.1 Å². The summed E-state index contributed by atoms with van der Waals surface area (Å²) in [5.41, 5.74) is 1.75. The van der Waals surface area contributed by atoms with Crippen molar-refractivity contribution in [2.75, 3.05) is 18.4 Å². The summed E-state index contributed by atoms with van der Waals surface area (Å²) in [5.74, 6) is 0.0156. The molecule has 0 unspecified atom stereocenters. The van der Waals surface area contributed by atoms with E-state index < -0.39 is 5.91 Å². The van der Waals surface area contributed by atoms with Crippen molar-refractivity contribution in [3.63, 3.8) is 0 Å². The monoisotopic (exact) mass is 486 g/mol. The van der Waals surface area contributed by atoms with Crippen LogP contribution in [0.3, 0.4) is 0 Å². The number of anilines is 1. The minimum absolute atomic E-state index is 0.0450. The Labute approximate surface area is 199 Å². The van der Waals surface area contributed by atoms with Crippen molar-refractivity contribution in [2.24, 2.45) is 0 Å². The zero-order valence-corrected chi connectivity index (χ0v) is 18.9. The lowest BCUT2D eigenvalue weighted by atomic mass is 9.97. The van der Waals surface area contributed by atoms with E-state index in [9.17, 15) is 9.59 Å². The third kappa shape index (κ3) is 5.10. The molecule has 2 heterocycles. The van der Waals surface area contributed by atoms with E-state index in [2.05, 4.69) is 10.3 Å². The maximum atomic E-state index is 13.0. The summed E-state index contributed by atoms with van der Waals surface area (Å²) in [6, 6.07) is 12.9. The summed E-state index contributed by atoms with van der Waals surface area (Å²) < 4.78 is 0. The topological polar surface area (TPSA) is 85.9 Å². The molecule has 0 atom stereocenters. The van der Waals surface area contributed by atoms with E-state index in [1.54, 1.807) is 42.5 Å². The van der Waals surface area contributed by atoms with Gasteiger partial charge < -0.3 is 10.2 Å². The Balaban J connectivity index is 1.55. The number of aromatic nitrogens is 1. The van der Waals surface area contributed by atoms with Crippen LogP contribution in [-0.4, -0.2) is 40.5 Å². The van der Waals surface area contributed by atoms with Crippen molar-refractivity contribution in [3.05, 3.63) is 92.0 Å². The second kappa shape index (κ2) is 9.28. The molecule has 0 saturated carbocycles. The maximum absolute atomic E-state index is 13.0. The quantitative estimate of drug-likeness (QED) is 0.212. The fraction of sp³-hybridized carbons (Fsp3) is 0.130. The summed E-state index contributed by atoms with van der Waals surface area (Å²) in [4.78, 5) is 31.8. The number of amidine groups is 1. The molecule has 162 valence electrons. The normalized spacial score (nSPS) is 12.4. The number of carbonyl (C=O) groups excluding carboxylic acids is 2. The third-order valence-electron chi connectivity index (χ3n) is 4.94. The Bertz CT molecular complexity index is 1220. The SMILES string of the molecule is N=C(c1ccc(C(=O)Cc2ccc(Cl)cc2C(=O)Nc2ccc(Cl)cn2)c(Cl)c1)N1CC1. The van der Waals surface area contributed by atoms with Crippen molar-refractivity contribution >= 4 is 58.1 Å². The fourth-order valence-corrected chi connectivity index (χ4v) is 3.73. The van der Waals surface area contributed by atoms with Crippen LogP contribution in [0.15, 0.2) is 54.7 Å². The minimum atomic E-state index is -0.446. The molecular weight excluding hydrogens is 471 g/mol. The van der Waals surface area contributed by atoms with Crippen LogP contribution in [0.1, 0.15) is 31.8 Å². The van der Waals surface area contributed by atoms with Gasteiger partial charge in [0.25, 0.3) is 5.91 Å². The third-order valence-corrected chi connectivity index (χ3v) is 5.71. The number of nitrogens with zero attached hydrogens (tertiary/aromatic N) is 2. The number of hydrogen-bond acceptors (Lipinski definition) is 4. The first-order valence-corrected chi connectivity index (χ1v) is 10.8. The lowest BCUT2D eigenvalue weighted by Gasteiger charge is -2.12. The van der Waals surface area contributed by atoms with Gasteiger partial charge in [-0.1, -0.05) is 46.9 Å².